The maximum atomic E-state index is 13.1. The smallest absolute Gasteiger partial charge is 0.268 e. The Kier molecular flexibility index (Phi) is 2.75. The lowest BCUT2D eigenvalue weighted by atomic mass is 10.1. The summed E-state index contributed by atoms with van der Waals surface area (Å²) in [5, 5.41) is 0.301. The van der Waals surface area contributed by atoms with E-state index >= 15 is 0 Å². The van der Waals surface area contributed by atoms with E-state index < -0.39 is 12.4 Å². The summed E-state index contributed by atoms with van der Waals surface area (Å²) in [5.41, 5.74) is 0.608. The highest BCUT2D eigenvalue weighted by molar-refractivity contribution is 5.91. The number of hydrogen-bond acceptors (Lipinski definition) is 1. The highest BCUT2D eigenvalue weighted by atomic mass is 19.3. The van der Waals surface area contributed by atoms with E-state index in [0.717, 1.165) is 12.3 Å². The molecule has 0 spiro atoms. The first-order valence-electron chi connectivity index (χ1n) is 4.82. The highest BCUT2D eigenvalue weighted by Crippen LogP contribution is 2.31. The van der Waals surface area contributed by atoms with Crippen molar-refractivity contribution in [1.29, 1.82) is 0 Å². The van der Waals surface area contributed by atoms with Crippen LogP contribution in [0.15, 0.2) is 25.4 Å². The minimum atomic E-state index is -2.77. The van der Waals surface area contributed by atoms with Crippen LogP contribution in [-0.2, 0) is 0 Å². The average Bonchev–Trinajstić information content (AvgIpc) is 2.61. The van der Waals surface area contributed by atoms with Crippen molar-refractivity contribution in [3.8, 4) is 0 Å². The van der Waals surface area contributed by atoms with Gasteiger partial charge in [-0.3, -0.25) is 4.57 Å². The summed E-state index contributed by atoms with van der Waals surface area (Å²) in [5.74, 6) is -0.581. The predicted molar refractivity (Wildman–Crippen MR) is 61.1 cm³/mol. The Morgan fingerprint density at radius 2 is 2.00 bits per heavy atom. The van der Waals surface area contributed by atoms with Gasteiger partial charge in [-0.1, -0.05) is 19.2 Å². The highest BCUT2D eigenvalue weighted by Gasteiger charge is 2.20. The summed E-state index contributed by atoms with van der Waals surface area (Å²) in [6.45, 7) is 4.25. The van der Waals surface area contributed by atoms with Gasteiger partial charge in [-0.25, -0.2) is 9.37 Å². The molecule has 0 unspecified atom stereocenters. The molecule has 88 valence electrons. The van der Waals surface area contributed by atoms with Crippen LogP contribution in [0.2, 0.25) is 0 Å². The monoisotopic (exact) mass is 238 g/mol. The molecule has 2 rings (SSSR count). The minimum absolute atomic E-state index is 0.0196. The van der Waals surface area contributed by atoms with Crippen molar-refractivity contribution in [2.45, 2.75) is 6.55 Å². The van der Waals surface area contributed by atoms with Gasteiger partial charge in [0.05, 0.1) is 11.9 Å². The molecule has 0 aliphatic carbocycles. The van der Waals surface area contributed by atoms with Crippen LogP contribution in [-0.4, -0.2) is 9.55 Å². The molecule has 0 atom stereocenters. The third-order valence-electron chi connectivity index (χ3n) is 2.48. The second-order valence-electron chi connectivity index (χ2n) is 3.38. The van der Waals surface area contributed by atoms with Crippen LogP contribution in [0, 0.1) is 5.82 Å². The van der Waals surface area contributed by atoms with Gasteiger partial charge in [-0.15, -0.1) is 0 Å². The minimum Gasteiger partial charge on any atom is -0.268 e. The predicted octanol–water partition coefficient (Wildman–Crippen LogP) is 3.86. The summed E-state index contributed by atoms with van der Waals surface area (Å²) in [4.78, 5) is 3.69. The van der Waals surface area contributed by atoms with Crippen LogP contribution in [0.3, 0.4) is 0 Å². The van der Waals surface area contributed by atoms with Gasteiger partial charge < -0.3 is 0 Å². The summed E-state index contributed by atoms with van der Waals surface area (Å²) >= 11 is 0. The molecular weight excluding hydrogens is 229 g/mol. The van der Waals surface area contributed by atoms with Gasteiger partial charge in [0.25, 0.3) is 0 Å². The van der Waals surface area contributed by atoms with Crippen LogP contribution >= 0.6 is 0 Å². The Morgan fingerprint density at radius 3 is 2.53 bits per heavy atom. The molecular formula is C12H9F3N2. The van der Waals surface area contributed by atoms with Crippen LogP contribution in [0.25, 0.3) is 23.2 Å². The molecule has 2 aromatic heterocycles. The number of fused-ring (bicyclic) bond motifs is 1. The fourth-order valence-electron chi connectivity index (χ4n) is 1.82. The van der Waals surface area contributed by atoms with Crippen molar-refractivity contribution < 1.29 is 13.2 Å². The molecule has 0 aliphatic rings. The van der Waals surface area contributed by atoms with Gasteiger partial charge >= 0.3 is 6.55 Å². The van der Waals surface area contributed by atoms with Crippen LogP contribution in [0.1, 0.15) is 17.8 Å². The number of hydrogen-bond donors (Lipinski definition) is 0. The van der Waals surface area contributed by atoms with E-state index in [2.05, 4.69) is 18.1 Å². The molecule has 0 saturated heterocycles. The maximum absolute atomic E-state index is 13.1. The van der Waals surface area contributed by atoms with Crippen LogP contribution in [0.4, 0.5) is 13.2 Å². The lowest BCUT2D eigenvalue weighted by molar-refractivity contribution is 0.0740. The molecule has 0 aromatic carbocycles. The molecule has 0 saturated carbocycles. The number of nitrogens with zero attached hydrogens (tertiary/aromatic N) is 2. The van der Waals surface area contributed by atoms with Crippen LogP contribution < -0.4 is 0 Å². The van der Waals surface area contributed by atoms with Gasteiger partial charge in [0.2, 0.25) is 0 Å². The Morgan fingerprint density at radius 1 is 1.29 bits per heavy atom. The van der Waals surface area contributed by atoms with Gasteiger partial charge in [-0.05, 0) is 12.1 Å². The van der Waals surface area contributed by atoms with Crippen molar-refractivity contribution in [2.75, 3.05) is 0 Å². The fraction of sp³-hybridized carbons (Fsp3) is 0.0833. The van der Waals surface area contributed by atoms with E-state index in [1.165, 1.54) is 12.2 Å². The second kappa shape index (κ2) is 4.08. The lowest BCUT2D eigenvalue weighted by Crippen LogP contribution is -2.01. The van der Waals surface area contributed by atoms with Crippen LogP contribution in [0.5, 0.6) is 0 Å². The van der Waals surface area contributed by atoms with Gasteiger partial charge in [0.15, 0.2) is 0 Å². The topological polar surface area (TPSA) is 17.8 Å². The Labute approximate surface area is 95.7 Å². The van der Waals surface area contributed by atoms with E-state index in [1.54, 1.807) is 0 Å². The van der Waals surface area contributed by atoms with Crippen molar-refractivity contribution in [3.05, 3.63) is 42.5 Å². The molecule has 2 heterocycles. The van der Waals surface area contributed by atoms with Crippen molar-refractivity contribution >= 4 is 23.2 Å². The van der Waals surface area contributed by atoms with E-state index in [1.807, 2.05) is 0 Å². The molecule has 0 amide bonds. The summed E-state index contributed by atoms with van der Waals surface area (Å²) in [6, 6.07) is 1.16. The molecule has 5 heteroatoms. The fourth-order valence-corrected chi connectivity index (χ4v) is 1.82. The molecule has 2 nitrogen and oxygen atoms in total. The Hall–Kier alpha value is -2.04. The molecule has 0 fully saturated rings. The first-order chi connectivity index (χ1) is 8.10. The quantitative estimate of drug-likeness (QED) is 0.794. The number of alkyl halides is 2. The van der Waals surface area contributed by atoms with Gasteiger partial charge in [0.1, 0.15) is 11.5 Å². The summed E-state index contributed by atoms with van der Waals surface area (Å²) in [7, 11) is 0. The van der Waals surface area contributed by atoms with Gasteiger partial charge in [0, 0.05) is 10.9 Å². The SMILES string of the molecule is C=Cc1c(C=C)n(C(F)F)c2ncc(F)cc12. The van der Waals surface area contributed by atoms with E-state index in [9.17, 15) is 13.2 Å². The second-order valence-corrected chi connectivity index (χ2v) is 3.38. The Bertz CT molecular complexity index is 599. The zero-order chi connectivity index (χ0) is 12.6. The van der Waals surface area contributed by atoms with E-state index in [4.69, 9.17) is 0 Å². The molecule has 0 aliphatic heterocycles. The van der Waals surface area contributed by atoms with E-state index in [0.29, 0.717) is 15.5 Å². The zero-order valence-corrected chi connectivity index (χ0v) is 8.83. The zero-order valence-electron chi connectivity index (χ0n) is 8.83. The average molecular weight is 238 g/mol. The largest absolute Gasteiger partial charge is 0.320 e. The molecule has 0 radical (unpaired) electrons. The van der Waals surface area contributed by atoms with Crippen molar-refractivity contribution in [3.63, 3.8) is 0 Å². The number of pyridine rings is 1. The van der Waals surface area contributed by atoms with Crippen molar-refractivity contribution in [2.24, 2.45) is 0 Å². The molecule has 17 heavy (non-hydrogen) atoms. The van der Waals surface area contributed by atoms with E-state index in [-0.39, 0.29) is 11.3 Å². The summed E-state index contributed by atoms with van der Waals surface area (Å²) in [6.07, 6.45) is 3.57. The maximum Gasteiger partial charge on any atom is 0.320 e. The third-order valence-corrected chi connectivity index (χ3v) is 2.48. The number of halogens is 3. The van der Waals surface area contributed by atoms with Gasteiger partial charge in [-0.2, -0.15) is 8.78 Å². The molecule has 0 bridgehead atoms. The molecule has 2 aromatic rings. The van der Waals surface area contributed by atoms with Crippen molar-refractivity contribution in [1.82, 2.24) is 9.55 Å². The summed E-state index contributed by atoms with van der Waals surface area (Å²) < 4.78 is 39.7. The third kappa shape index (κ3) is 1.63. The number of rotatable bonds is 3. The standard InChI is InChI=1S/C12H9F3N2/c1-3-8-9-5-7(13)6-16-11(9)17(12(14)15)10(8)4-2/h3-6,12H,1-2H2. The lowest BCUT2D eigenvalue weighted by Gasteiger charge is -2.05. The molecule has 0 N–H and O–H groups in total. The number of aromatic nitrogens is 2. The normalized spacial score (nSPS) is 11.1. The first-order valence-corrected chi connectivity index (χ1v) is 4.82. The first kappa shape index (κ1) is 11.4. The Balaban J connectivity index is 2.96.